The van der Waals surface area contributed by atoms with E-state index in [0.29, 0.717) is 6.07 Å². The minimum absolute atomic E-state index is 0.470. The highest BCUT2D eigenvalue weighted by molar-refractivity contribution is 5.53. The Bertz CT molecular complexity index is 465. The zero-order valence-corrected chi connectivity index (χ0v) is 7.92. The topological polar surface area (TPSA) is 71.9 Å². The average Bonchev–Trinajstić information content (AvgIpc) is 2.17. The molecule has 0 aliphatic carbocycles. The second-order valence-electron chi connectivity index (χ2n) is 2.76. The Kier molecular flexibility index (Phi) is 3.36. The molecule has 1 rings (SSSR count). The van der Waals surface area contributed by atoms with E-state index in [2.05, 4.69) is 9.72 Å². The lowest BCUT2D eigenvalue weighted by molar-refractivity contribution is -0.275. The lowest BCUT2D eigenvalue weighted by atomic mass is 10.2. The molecule has 0 amide bonds. The normalized spacial score (nSPS) is 11.4. The van der Waals surface area contributed by atoms with Crippen molar-refractivity contribution in [2.45, 2.75) is 12.8 Å². The van der Waals surface area contributed by atoms with Crippen molar-refractivity contribution in [1.29, 1.82) is 5.26 Å². The molecular weight excluding hydrogens is 249 g/mol. The number of aromatic nitrogens is 1. The highest BCUT2D eigenvalue weighted by Gasteiger charge is 2.34. The molecule has 0 aliphatic rings. The second-order valence-corrected chi connectivity index (χ2v) is 2.76. The molecule has 0 aromatic carbocycles. The third-order valence-corrected chi connectivity index (χ3v) is 1.60. The molecule has 4 nitrogen and oxygen atoms in total. The Morgan fingerprint density at radius 2 is 2.00 bits per heavy atom. The minimum Gasteiger partial charge on any atom is -0.404 e. The quantitative estimate of drug-likeness (QED) is 0.821. The first kappa shape index (κ1) is 13.0. The summed E-state index contributed by atoms with van der Waals surface area (Å²) in [4.78, 5) is 3.01. The van der Waals surface area contributed by atoms with Crippen molar-refractivity contribution in [3.05, 3.63) is 17.3 Å². The van der Waals surface area contributed by atoms with Crippen LogP contribution in [-0.4, -0.2) is 11.3 Å². The van der Waals surface area contributed by atoms with E-state index in [9.17, 15) is 22.0 Å². The number of hydrogen-bond acceptors (Lipinski definition) is 4. The van der Waals surface area contributed by atoms with Crippen molar-refractivity contribution in [3.63, 3.8) is 0 Å². The monoisotopic (exact) mass is 253 g/mol. The first-order valence-corrected chi connectivity index (χ1v) is 3.99. The summed E-state index contributed by atoms with van der Waals surface area (Å²) >= 11 is 0. The SMILES string of the molecule is N#Cc1cc(OC(F)(F)F)c(C(F)F)nc1N. The summed E-state index contributed by atoms with van der Waals surface area (Å²) in [7, 11) is 0. The third-order valence-electron chi connectivity index (χ3n) is 1.60. The molecule has 92 valence electrons. The highest BCUT2D eigenvalue weighted by atomic mass is 19.4. The van der Waals surface area contributed by atoms with Gasteiger partial charge in [-0.25, -0.2) is 13.8 Å². The van der Waals surface area contributed by atoms with Crippen molar-refractivity contribution < 1.29 is 26.7 Å². The van der Waals surface area contributed by atoms with E-state index in [1.54, 1.807) is 0 Å². The number of hydrogen-bond donors (Lipinski definition) is 1. The molecule has 0 spiro atoms. The van der Waals surface area contributed by atoms with Crippen LogP contribution >= 0.6 is 0 Å². The summed E-state index contributed by atoms with van der Waals surface area (Å²) in [5.41, 5.74) is 3.36. The van der Waals surface area contributed by atoms with Gasteiger partial charge in [-0.1, -0.05) is 0 Å². The van der Waals surface area contributed by atoms with Crippen molar-refractivity contribution in [2.24, 2.45) is 0 Å². The average molecular weight is 253 g/mol. The fourth-order valence-electron chi connectivity index (χ4n) is 0.976. The third kappa shape index (κ3) is 3.17. The van der Waals surface area contributed by atoms with Crippen molar-refractivity contribution in [1.82, 2.24) is 4.98 Å². The number of ether oxygens (including phenoxy) is 1. The molecule has 0 atom stereocenters. The summed E-state index contributed by atoms with van der Waals surface area (Å²) < 4.78 is 63.8. The van der Waals surface area contributed by atoms with Gasteiger partial charge in [-0.15, -0.1) is 13.2 Å². The van der Waals surface area contributed by atoms with Crippen LogP contribution in [0.3, 0.4) is 0 Å². The van der Waals surface area contributed by atoms with Gasteiger partial charge in [0.2, 0.25) is 0 Å². The standard InChI is InChI=1S/C8H4F5N3O/c9-6(10)5-4(17-8(11,12)13)1-3(2-14)7(15)16-5/h1,6H,(H2,15,16). The van der Waals surface area contributed by atoms with Crippen molar-refractivity contribution in [2.75, 3.05) is 5.73 Å². The minimum atomic E-state index is -5.16. The maximum atomic E-state index is 12.4. The number of alkyl halides is 5. The van der Waals surface area contributed by atoms with Gasteiger partial charge < -0.3 is 10.5 Å². The van der Waals surface area contributed by atoms with Crippen molar-refractivity contribution >= 4 is 5.82 Å². The molecule has 2 N–H and O–H groups in total. The van der Waals surface area contributed by atoms with Crippen LogP contribution in [0.2, 0.25) is 0 Å². The summed E-state index contributed by atoms with van der Waals surface area (Å²) in [5.74, 6) is -1.82. The lowest BCUT2D eigenvalue weighted by Gasteiger charge is -2.13. The van der Waals surface area contributed by atoms with E-state index in [-0.39, 0.29) is 0 Å². The van der Waals surface area contributed by atoms with Crippen molar-refractivity contribution in [3.8, 4) is 11.8 Å². The van der Waals surface area contributed by atoms with Gasteiger partial charge in [0.1, 0.15) is 11.9 Å². The summed E-state index contributed by atoms with van der Waals surface area (Å²) in [6.45, 7) is 0. The molecule has 1 heterocycles. The molecule has 17 heavy (non-hydrogen) atoms. The van der Waals surface area contributed by atoms with Gasteiger partial charge in [-0.3, -0.25) is 0 Å². The predicted molar refractivity (Wildman–Crippen MR) is 45.0 cm³/mol. The van der Waals surface area contributed by atoms with Crippen LogP contribution in [0.5, 0.6) is 5.75 Å². The lowest BCUT2D eigenvalue weighted by Crippen LogP contribution is -2.19. The maximum absolute atomic E-state index is 12.4. The molecule has 1 aromatic heterocycles. The van der Waals surface area contributed by atoms with Crippen LogP contribution in [0, 0.1) is 11.3 Å². The molecule has 0 radical (unpaired) electrons. The van der Waals surface area contributed by atoms with E-state index < -0.39 is 35.6 Å². The van der Waals surface area contributed by atoms with Gasteiger partial charge in [0.05, 0.1) is 5.56 Å². The zero-order chi connectivity index (χ0) is 13.2. The molecule has 0 saturated heterocycles. The summed E-state index contributed by atoms with van der Waals surface area (Å²) in [6.07, 6.45) is -8.46. The van der Waals surface area contributed by atoms with E-state index >= 15 is 0 Å². The Morgan fingerprint density at radius 3 is 2.41 bits per heavy atom. The number of nitrogen functional groups attached to an aromatic ring is 1. The van der Waals surface area contributed by atoms with E-state index in [1.165, 1.54) is 6.07 Å². The number of rotatable bonds is 2. The molecule has 0 bridgehead atoms. The van der Waals surface area contributed by atoms with Gasteiger partial charge in [-0.05, 0) is 0 Å². The summed E-state index contributed by atoms with van der Waals surface area (Å²) in [5, 5.41) is 8.48. The van der Waals surface area contributed by atoms with Crippen LogP contribution in [-0.2, 0) is 0 Å². The molecule has 0 fully saturated rings. The molecule has 9 heteroatoms. The van der Waals surface area contributed by atoms with Crippen LogP contribution < -0.4 is 10.5 Å². The second kappa shape index (κ2) is 4.40. The number of anilines is 1. The molecule has 1 aromatic rings. The highest BCUT2D eigenvalue weighted by Crippen LogP contribution is 2.33. The van der Waals surface area contributed by atoms with E-state index in [0.717, 1.165) is 0 Å². The predicted octanol–water partition coefficient (Wildman–Crippen LogP) is 2.37. The van der Waals surface area contributed by atoms with E-state index in [4.69, 9.17) is 11.0 Å². The molecule has 0 saturated carbocycles. The molecular formula is C8H4F5N3O. The Balaban J connectivity index is 3.30. The smallest absolute Gasteiger partial charge is 0.404 e. The van der Waals surface area contributed by atoms with Gasteiger partial charge in [-0.2, -0.15) is 5.26 Å². The number of nitrogens with two attached hydrogens (primary N) is 1. The Morgan fingerprint density at radius 1 is 1.41 bits per heavy atom. The molecule has 0 unspecified atom stereocenters. The Labute approximate surface area is 91.4 Å². The maximum Gasteiger partial charge on any atom is 0.573 e. The number of nitriles is 1. The van der Waals surface area contributed by atoms with Gasteiger partial charge in [0.25, 0.3) is 6.43 Å². The van der Waals surface area contributed by atoms with Crippen LogP contribution in [0.25, 0.3) is 0 Å². The number of pyridine rings is 1. The number of halogens is 5. The van der Waals surface area contributed by atoms with Gasteiger partial charge in [0, 0.05) is 6.07 Å². The van der Waals surface area contributed by atoms with Gasteiger partial charge in [0.15, 0.2) is 11.4 Å². The zero-order valence-electron chi connectivity index (χ0n) is 7.92. The fraction of sp³-hybridized carbons (Fsp3) is 0.250. The van der Waals surface area contributed by atoms with Gasteiger partial charge >= 0.3 is 6.36 Å². The number of nitrogens with zero attached hydrogens (tertiary/aromatic N) is 2. The van der Waals surface area contributed by atoms with E-state index in [1.807, 2.05) is 0 Å². The van der Waals surface area contributed by atoms with Crippen LogP contribution in [0.15, 0.2) is 6.07 Å². The summed E-state index contributed by atoms with van der Waals surface area (Å²) in [6, 6.07) is 1.88. The van der Waals surface area contributed by atoms with Crippen LogP contribution in [0.4, 0.5) is 27.8 Å². The van der Waals surface area contributed by atoms with Crippen LogP contribution in [0.1, 0.15) is 17.7 Å². The first-order valence-electron chi connectivity index (χ1n) is 3.99. The molecule has 0 aliphatic heterocycles. The fourth-order valence-corrected chi connectivity index (χ4v) is 0.976. The Hall–Kier alpha value is -2.11. The first-order chi connectivity index (χ1) is 7.74. The largest absolute Gasteiger partial charge is 0.573 e.